The third-order valence-corrected chi connectivity index (χ3v) is 3.08. The fourth-order valence-corrected chi connectivity index (χ4v) is 2.32. The van der Waals surface area contributed by atoms with Crippen molar-refractivity contribution in [1.29, 1.82) is 5.41 Å². The van der Waals surface area contributed by atoms with Crippen molar-refractivity contribution in [2.45, 2.75) is 6.42 Å². The minimum absolute atomic E-state index is 0.914. The molecule has 0 atom stereocenters. The van der Waals surface area contributed by atoms with Gasteiger partial charge in [-0.2, -0.15) is 0 Å². The number of hydrogen-bond donors (Lipinski definition) is 1. The minimum Gasteiger partial charge on any atom is -0.258 e. The highest BCUT2D eigenvalue weighted by molar-refractivity contribution is 6.00. The molecule has 1 N–H and O–H groups in total. The molecule has 0 amide bonds. The summed E-state index contributed by atoms with van der Waals surface area (Å²) in [5.74, 6) is 2.58. The van der Waals surface area contributed by atoms with Gasteiger partial charge in [0.25, 0.3) is 0 Å². The van der Waals surface area contributed by atoms with Crippen molar-refractivity contribution in [2.24, 2.45) is 0 Å². The summed E-state index contributed by atoms with van der Waals surface area (Å²) in [5.41, 5.74) is 5.79. The van der Waals surface area contributed by atoms with Crippen molar-refractivity contribution in [3.05, 3.63) is 70.8 Å². The van der Waals surface area contributed by atoms with Gasteiger partial charge in [-0.15, -0.1) is 0 Å². The van der Waals surface area contributed by atoms with Crippen molar-refractivity contribution in [3.63, 3.8) is 0 Å². The largest absolute Gasteiger partial charge is 0.258 e. The maximum Gasteiger partial charge on any atom is 0.0504 e. The Balaban J connectivity index is 2.32. The topological polar surface area (TPSA) is 23.9 Å². The van der Waals surface area contributed by atoms with Gasteiger partial charge in [0.1, 0.15) is 0 Å². The van der Waals surface area contributed by atoms with Crippen molar-refractivity contribution in [3.8, 4) is 0 Å². The molecule has 1 aliphatic carbocycles. The molecule has 76 valence electrons. The fraction of sp³-hybridized carbons (Fsp3) is 0.0667. The van der Waals surface area contributed by atoms with Gasteiger partial charge in [-0.3, -0.25) is 5.41 Å². The average molecular weight is 205 g/mol. The lowest BCUT2D eigenvalue weighted by molar-refractivity contribution is 1.14. The highest BCUT2D eigenvalue weighted by atomic mass is 14.3. The summed E-state index contributed by atoms with van der Waals surface area (Å²) >= 11 is 0. The Hall–Kier alpha value is -2.11. The number of nitrogens with one attached hydrogen (secondary N) is 1. The van der Waals surface area contributed by atoms with Gasteiger partial charge in [-0.1, -0.05) is 48.5 Å². The van der Waals surface area contributed by atoms with E-state index in [1.165, 1.54) is 11.1 Å². The van der Waals surface area contributed by atoms with E-state index in [0.717, 1.165) is 23.1 Å². The number of rotatable bonds is 0. The number of benzene rings is 2. The molecule has 2 aromatic rings. The zero-order valence-electron chi connectivity index (χ0n) is 8.83. The molecule has 0 heterocycles. The maximum absolute atomic E-state index is 7.47. The van der Waals surface area contributed by atoms with Gasteiger partial charge in [-0.25, -0.2) is 0 Å². The second kappa shape index (κ2) is 3.48. The molecule has 0 saturated heterocycles. The predicted molar refractivity (Wildman–Crippen MR) is 65.9 cm³/mol. The highest BCUT2D eigenvalue weighted by Gasteiger charge is 2.18. The lowest BCUT2D eigenvalue weighted by Crippen LogP contribution is -2.06. The molecule has 0 fully saturated rings. The molecule has 0 bridgehead atoms. The van der Waals surface area contributed by atoms with Crippen molar-refractivity contribution in [2.75, 3.05) is 0 Å². The standard InChI is InChI=1S/C15H11N/c16-10-15-13-7-3-1-5-11(13)9-12-6-2-4-8-14(12)15/h1-8,16H,9H2. The first-order valence-electron chi connectivity index (χ1n) is 5.36. The van der Waals surface area contributed by atoms with Crippen molar-refractivity contribution in [1.82, 2.24) is 0 Å². The molecule has 0 aromatic heterocycles. The average Bonchev–Trinajstić information content (AvgIpc) is 2.36. The molecule has 1 heteroatoms. The van der Waals surface area contributed by atoms with Crippen molar-refractivity contribution < 1.29 is 0 Å². The summed E-state index contributed by atoms with van der Waals surface area (Å²) in [6, 6.07) is 16.5. The molecule has 0 radical (unpaired) electrons. The summed E-state index contributed by atoms with van der Waals surface area (Å²) in [6.45, 7) is 0. The molecule has 2 aromatic carbocycles. The zero-order valence-corrected chi connectivity index (χ0v) is 8.83. The molecule has 1 aliphatic rings. The van der Waals surface area contributed by atoms with Crippen LogP contribution in [0.15, 0.2) is 48.5 Å². The summed E-state index contributed by atoms with van der Waals surface area (Å²) in [7, 11) is 0. The van der Waals surface area contributed by atoms with Crippen LogP contribution in [0, 0.1) is 5.41 Å². The SMILES string of the molecule is N=C=C1c2ccccc2Cc2ccccc21. The van der Waals surface area contributed by atoms with E-state index in [-0.39, 0.29) is 0 Å². The zero-order chi connectivity index (χ0) is 11.0. The summed E-state index contributed by atoms with van der Waals surface area (Å²) < 4.78 is 0. The first-order valence-corrected chi connectivity index (χ1v) is 5.36. The number of fused-ring (bicyclic) bond motifs is 2. The smallest absolute Gasteiger partial charge is 0.0504 e. The van der Waals surface area contributed by atoms with Gasteiger partial charge in [0.15, 0.2) is 0 Å². The van der Waals surface area contributed by atoms with Crippen LogP contribution >= 0.6 is 0 Å². The van der Waals surface area contributed by atoms with Gasteiger partial charge in [0.2, 0.25) is 0 Å². The van der Waals surface area contributed by atoms with E-state index >= 15 is 0 Å². The molecule has 0 saturated carbocycles. The quantitative estimate of drug-likeness (QED) is 0.545. The normalized spacial score (nSPS) is 12.6. The summed E-state index contributed by atoms with van der Waals surface area (Å²) in [5, 5.41) is 7.47. The van der Waals surface area contributed by atoms with Crippen LogP contribution in [0.25, 0.3) is 5.57 Å². The minimum atomic E-state index is 0.914. The Morgan fingerprint density at radius 1 is 0.812 bits per heavy atom. The van der Waals surface area contributed by atoms with Gasteiger partial charge in [0, 0.05) is 0 Å². The van der Waals surface area contributed by atoms with Crippen LogP contribution in [0.4, 0.5) is 0 Å². The second-order valence-corrected chi connectivity index (χ2v) is 3.99. The molecule has 16 heavy (non-hydrogen) atoms. The van der Waals surface area contributed by atoms with Gasteiger partial charge >= 0.3 is 0 Å². The van der Waals surface area contributed by atoms with Crippen LogP contribution in [0.1, 0.15) is 22.3 Å². The maximum atomic E-state index is 7.47. The van der Waals surface area contributed by atoms with Crippen LogP contribution in [0.2, 0.25) is 0 Å². The summed E-state index contributed by atoms with van der Waals surface area (Å²) in [4.78, 5) is 0. The third kappa shape index (κ3) is 1.23. The van der Waals surface area contributed by atoms with Crippen LogP contribution < -0.4 is 0 Å². The van der Waals surface area contributed by atoms with E-state index in [4.69, 9.17) is 5.41 Å². The van der Waals surface area contributed by atoms with E-state index in [0.29, 0.717) is 0 Å². The fourth-order valence-electron chi connectivity index (χ4n) is 2.32. The molecule has 0 aliphatic heterocycles. The Morgan fingerprint density at radius 3 is 1.81 bits per heavy atom. The first-order chi connectivity index (χ1) is 7.90. The van der Waals surface area contributed by atoms with Crippen LogP contribution in [0.5, 0.6) is 0 Å². The molecule has 0 spiro atoms. The summed E-state index contributed by atoms with van der Waals surface area (Å²) in [6.07, 6.45) is 0.956. The monoisotopic (exact) mass is 205 g/mol. The van der Waals surface area contributed by atoms with Crippen LogP contribution in [0.3, 0.4) is 0 Å². The van der Waals surface area contributed by atoms with E-state index in [2.05, 4.69) is 30.1 Å². The van der Waals surface area contributed by atoms with Gasteiger partial charge in [0.05, 0.1) is 5.57 Å². The lowest BCUT2D eigenvalue weighted by Gasteiger charge is -2.20. The van der Waals surface area contributed by atoms with E-state index in [9.17, 15) is 0 Å². The molecule has 1 nitrogen and oxygen atoms in total. The third-order valence-electron chi connectivity index (χ3n) is 3.08. The first kappa shape index (κ1) is 9.14. The number of hydrogen-bond acceptors (Lipinski definition) is 1. The highest BCUT2D eigenvalue weighted by Crippen LogP contribution is 2.33. The van der Waals surface area contributed by atoms with Crippen LogP contribution in [-0.2, 0) is 6.42 Å². The molecule has 3 rings (SSSR count). The van der Waals surface area contributed by atoms with Gasteiger partial charge in [-0.05, 0) is 34.5 Å². The van der Waals surface area contributed by atoms with Gasteiger partial charge < -0.3 is 0 Å². The van der Waals surface area contributed by atoms with E-state index in [1.54, 1.807) is 0 Å². The molecule has 0 unspecified atom stereocenters. The Labute approximate surface area is 94.6 Å². The van der Waals surface area contributed by atoms with E-state index < -0.39 is 0 Å². The second-order valence-electron chi connectivity index (χ2n) is 3.99. The molecular weight excluding hydrogens is 194 g/mol. The lowest BCUT2D eigenvalue weighted by atomic mass is 9.83. The Kier molecular flexibility index (Phi) is 1.99. The Bertz CT molecular complexity index is 557. The Morgan fingerprint density at radius 2 is 1.31 bits per heavy atom. The van der Waals surface area contributed by atoms with Crippen LogP contribution in [-0.4, -0.2) is 5.87 Å². The van der Waals surface area contributed by atoms with Crippen molar-refractivity contribution >= 4 is 11.4 Å². The van der Waals surface area contributed by atoms with E-state index in [1.807, 2.05) is 24.3 Å². The molecular formula is C15H11N. The predicted octanol–water partition coefficient (Wildman–Crippen LogP) is 3.27.